The molecule has 2 aliphatic heterocycles. The Kier molecular flexibility index (Phi) is 7.19. The Morgan fingerprint density at radius 1 is 1.25 bits per heavy atom. The summed E-state index contributed by atoms with van der Waals surface area (Å²) in [5, 5.41) is 19.4. The molecule has 2 fully saturated rings. The lowest BCUT2D eigenvalue weighted by atomic mass is 9.99. The second-order valence-corrected chi connectivity index (χ2v) is 14.0. The predicted octanol–water partition coefficient (Wildman–Crippen LogP) is 3.07. The van der Waals surface area contributed by atoms with Crippen LogP contribution in [0, 0.1) is 0 Å². The van der Waals surface area contributed by atoms with Gasteiger partial charge >= 0.3 is 0 Å². The Bertz CT molecular complexity index is 1510. The Morgan fingerprint density at radius 3 is 2.73 bits per heavy atom. The predicted molar refractivity (Wildman–Crippen MR) is 162 cm³/mol. The molecule has 9 heteroatoms. The van der Waals surface area contributed by atoms with Crippen LogP contribution in [-0.2, 0) is 27.4 Å². The number of rotatable bonds is 8. The minimum atomic E-state index is -2.51. The molecule has 3 aromatic rings. The van der Waals surface area contributed by atoms with E-state index in [0.717, 1.165) is 60.3 Å². The monoisotopic (exact) mass is 564 g/mol. The first-order valence-electron chi connectivity index (χ1n) is 14.3. The minimum Gasteiger partial charge on any atom is -0.389 e. The molecule has 1 saturated carbocycles. The maximum absolute atomic E-state index is 14.0. The summed E-state index contributed by atoms with van der Waals surface area (Å²) in [6.45, 7) is 4.69. The van der Waals surface area contributed by atoms with E-state index in [0.29, 0.717) is 36.7 Å². The molecule has 40 heavy (non-hydrogen) atoms. The van der Waals surface area contributed by atoms with E-state index in [9.17, 15) is 14.1 Å². The van der Waals surface area contributed by atoms with Crippen LogP contribution in [0.2, 0.25) is 0 Å². The highest BCUT2D eigenvalue weighted by molar-refractivity contribution is 8.01. The quantitative estimate of drug-likeness (QED) is 0.366. The van der Waals surface area contributed by atoms with Crippen molar-refractivity contribution in [2.75, 3.05) is 36.9 Å². The van der Waals surface area contributed by atoms with E-state index in [1.54, 1.807) is 4.31 Å². The molecule has 1 aliphatic carbocycles. The first kappa shape index (κ1) is 27.3. The molecule has 0 radical (unpaired) electrons. The molecule has 2 aromatic carbocycles. The minimum absolute atomic E-state index is 0.0155. The highest BCUT2D eigenvalue weighted by Crippen LogP contribution is 2.54. The van der Waals surface area contributed by atoms with E-state index in [2.05, 4.69) is 46.3 Å². The van der Waals surface area contributed by atoms with Gasteiger partial charge in [-0.05, 0) is 61.7 Å². The summed E-state index contributed by atoms with van der Waals surface area (Å²) in [6.07, 6.45) is 4.53. The van der Waals surface area contributed by atoms with Crippen LogP contribution >= 0.6 is 0 Å². The Morgan fingerprint density at radius 2 is 2.00 bits per heavy atom. The van der Waals surface area contributed by atoms with Gasteiger partial charge in [-0.1, -0.05) is 30.3 Å². The lowest BCUT2D eigenvalue weighted by molar-refractivity contribution is 0.0621. The number of hydrogen-bond acceptors (Lipinski definition) is 5. The zero-order valence-corrected chi connectivity index (χ0v) is 24.2. The van der Waals surface area contributed by atoms with Gasteiger partial charge in [0.15, 0.2) is 0 Å². The Labute approximate surface area is 236 Å². The van der Waals surface area contributed by atoms with Crippen molar-refractivity contribution in [3.63, 3.8) is 0 Å². The van der Waals surface area contributed by atoms with E-state index < -0.39 is 21.4 Å². The fourth-order valence-corrected chi connectivity index (χ4v) is 7.84. The van der Waals surface area contributed by atoms with Gasteiger partial charge in [0.05, 0.1) is 22.8 Å². The van der Waals surface area contributed by atoms with Crippen LogP contribution < -0.4 is 14.9 Å². The number of nitrogens with one attached hydrogen (secondary N) is 2. The first-order valence-corrected chi connectivity index (χ1v) is 16.2. The number of benzene rings is 2. The van der Waals surface area contributed by atoms with Crippen LogP contribution in [0.4, 0.5) is 5.69 Å². The van der Waals surface area contributed by atoms with Crippen molar-refractivity contribution < 1.29 is 18.8 Å². The smallest absolute Gasteiger partial charge is 0.251 e. The van der Waals surface area contributed by atoms with Crippen molar-refractivity contribution in [3.8, 4) is 0 Å². The van der Waals surface area contributed by atoms with Gasteiger partial charge in [0.2, 0.25) is 0 Å². The number of aliphatic hydroxyl groups excluding tert-OH is 1. The highest BCUT2D eigenvalue weighted by Gasteiger charge is 2.60. The van der Waals surface area contributed by atoms with Crippen molar-refractivity contribution in [1.29, 1.82) is 0 Å². The molecule has 0 spiro atoms. The summed E-state index contributed by atoms with van der Waals surface area (Å²) in [4.78, 5) is 14.0. The average Bonchev–Trinajstić information content (AvgIpc) is 3.61. The molecule has 0 bridgehead atoms. The summed E-state index contributed by atoms with van der Waals surface area (Å²) in [7, 11) is -0.699. The van der Waals surface area contributed by atoms with E-state index >= 15 is 0 Å². The number of aromatic nitrogens is 1. The SMILES string of the molecule is C=S1(=O)CCc2cn(CC)c3cc(C(=O)NC4([C@H](O)CNC5CCOCC5)CC4c4ccccc4)cc(c23)N1C. The average molecular weight is 565 g/mol. The summed E-state index contributed by atoms with van der Waals surface area (Å²) in [6, 6.07) is 14.2. The first-order chi connectivity index (χ1) is 19.2. The van der Waals surface area contributed by atoms with Crippen LogP contribution in [0.25, 0.3) is 10.9 Å². The molecule has 1 saturated heterocycles. The lowest BCUT2D eigenvalue weighted by Gasteiger charge is -2.30. The van der Waals surface area contributed by atoms with Gasteiger partial charge in [-0.2, -0.15) is 0 Å². The zero-order valence-electron chi connectivity index (χ0n) is 23.4. The van der Waals surface area contributed by atoms with Crippen molar-refractivity contribution in [2.45, 2.75) is 62.8 Å². The third-order valence-electron chi connectivity index (χ3n) is 9.14. The summed E-state index contributed by atoms with van der Waals surface area (Å²) in [5.41, 5.74) is 3.69. The van der Waals surface area contributed by atoms with Gasteiger partial charge in [0, 0.05) is 77.9 Å². The number of carbonyl (C=O) groups is 1. The number of hydrogen-bond donors (Lipinski definition) is 3. The molecule has 1 amide bonds. The lowest BCUT2D eigenvalue weighted by Crippen LogP contribution is -2.52. The Balaban J connectivity index is 1.33. The molecule has 1 aromatic heterocycles. The van der Waals surface area contributed by atoms with E-state index in [4.69, 9.17) is 4.74 Å². The maximum Gasteiger partial charge on any atom is 0.251 e. The number of amides is 1. The second kappa shape index (κ2) is 10.5. The Hall–Kier alpha value is -2.85. The molecular weight excluding hydrogens is 524 g/mol. The second-order valence-electron chi connectivity index (χ2n) is 11.5. The van der Waals surface area contributed by atoms with Gasteiger partial charge in [-0.25, -0.2) is 4.21 Å². The molecule has 3 aliphatic rings. The summed E-state index contributed by atoms with van der Waals surface area (Å²) in [5.74, 6) is 4.28. The fraction of sp³-hybridized carbons (Fsp3) is 0.484. The standard InChI is InChI=1S/C31H40N4O4S/c1-4-35-20-22-12-15-40(3,38)34(2)26-16-23(17-27(35)29(22)26)30(37)33-31(18-25(31)21-8-6-5-7-9-21)28(36)19-32-24-10-13-39-14-11-24/h5-9,16-17,20,24-25,28,32,36H,3-4,10-15,18-19H2,1-2H3,(H,33,37)/t25?,28-,31?,40?/m1/s1. The number of anilines is 1. The largest absolute Gasteiger partial charge is 0.389 e. The molecule has 3 N–H and O–H groups in total. The van der Waals surface area contributed by atoms with Gasteiger partial charge in [0.25, 0.3) is 5.91 Å². The number of nitrogens with zero attached hydrogens (tertiary/aromatic N) is 2. The summed E-state index contributed by atoms with van der Waals surface area (Å²) >= 11 is 0. The third-order valence-corrected chi connectivity index (χ3v) is 11.2. The van der Waals surface area contributed by atoms with Crippen molar-refractivity contribution in [2.24, 2.45) is 0 Å². The molecule has 3 unspecified atom stereocenters. The molecule has 3 heterocycles. The number of aryl methyl sites for hydroxylation is 2. The topological polar surface area (TPSA) is 95.8 Å². The molecule has 6 rings (SSSR count). The van der Waals surface area contributed by atoms with Gasteiger partial charge in [0.1, 0.15) is 0 Å². The fourth-order valence-electron chi connectivity index (χ4n) is 6.52. The van der Waals surface area contributed by atoms with Gasteiger partial charge in [-0.3, -0.25) is 4.79 Å². The third kappa shape index (κ3) is 4.83. The maximum atomic E-state index is 14.0. The van der Waals surface area contributed by atoms with Gasteiger partial charge < -0.3 is 29.3 Å². The molecule has 4 atom stereocenters. The van der Waals surface area contributed by atoms with Crippen LogP contribution in [0.5, 0.6) is 0 Å². The molecule has 8 nitrogen and oxygen atoms in total. The van der Waals surface area contributed by atoms with Crippen molar-refractivity contribution in [3.05, 3.63) is 65.4 Å². The van der Waals surface area contributed by atoms with Crippen LogP contribution in [0.15, 0.2) is 48.7 Å². The van der Waals surface area contributed by atoms with E-state index in [-0.39, 0.29) is 11.8 Å². The normalized spacial score (nSPS) is 27.4. The van der Waals surface area contributed by atoms with Crippen molar-refractivity contribution >= 4 is 38.1 Å². The highest BCUT2D eigenvalue weighted by atomic mass is 32.2. The molecular formula is C31H40N4O4S. The van der Waals surface area contributed by atoms with Gasteiger partial charge in [-0.15, -0.1) is 0 Å². The van der Waals surface area contributed by atoms with Crippen LogP contribution in [-0.4, -0.2) is 75.9 Å². The zero-order chi connectivity index (χ0) is 28.1. The van der Waals surface area contributed by atoms with Crippen LogP contribution in [0.1, 0.15) is 53.6 Å². The van der Waals surface area contributed by atoms with E-state index in [1.165, 1.54) is 0 Å². The number of carbonyl (C=O) groups excluding carboxylic acids is 1. The van der Waals surface area contributed by atoms with E-state index in [1.807, 2.05) is 37.4 Å². The number of aliphatic hydroxyl groups is 1. The summed E-state index contributed by atoms with van der Waals surface area (Å²) < 4.78 is 22.8. The van der Waals surface area contributed by atoms with Crippen molar-refractivity contribution in [1.82, 2.24) is 15.2 Å². The van der Waals surface area contributed by atoms with Crippen LogP contribution in [0.3, 0.4) is 0 Å². The number of ether oxygens (including phenoxy) is 1. The molecule has 214 valence electrons.